The highest BCUT2D eigenvalue weighted by molar-refractivity contribution is 5.98. The standard InChI is InChI=1S/C12H16FNO/c1-3-11(14)8(2)12(15)9-6-4-5-7-10(9)13/h4-8,11H,3,14H2,1-2H3. The minimum Gasteiger partial charge on any atom is -0.327 e. The van der Waals surface area contributed by atoms with E-state index in [1.807, 2.05) is 6.92 Å². The van der Waals surface area contributed by atoms with Gasteiger partial charge in [-0.05, 0) is 18.6 Å². The Balaban J connectivity index is 2.90. The monoisotopic (exact) mass is 209 g/mol. The molecule has 0 amide bonds. The van der Waals surface area contributed by atoms with E-state index in [0.717, 1.165) is 0 Å². The van der Waals surface area contributed by atoms with Crippen LogP contribution in [0.5, 0.6) is 0 Å². The van der Waals surface area contributed by atoms with Gasteiger partial charge in [-0.1, -0.05) is 26.0 Å². The first-order valence-corrected chi connectivity index (χ1v) is 5.12. The van der Waals surface area contributed by atoms with Crippen LogP contribution < -0.4 is 5.73 Å². The number of halogens is 1. The number of benzene rings is 1. The second kappa shape index (κ2) is 5.03. The Morgan fingerprint density at radius 3 is 2.60 bits per heavy atom. The van der Waals surface area contributed by atoms with Crippen molar-refractivity contribution in [3.05, 3.63) is 35.6 Å². The van der Waals surface area contributed by atoms with E-state index < -0.39 is 5.82 Å². The third kappa shape index (κ3) is 2.63. The van der Waals surface area contributed by atoms with Crippen LogP contribution in [0.15, 0.2) is 24.3 Å². The molecule has 0 radical (unpaired) electrons. The maximum Gasteiger partial charge on any atom is 0.170 e. The molecule has 0 spiro atoms. The maximum absolute atomic E-state index is 13.3. The topological polar surface area (TPSA) is 43.1 Å². The van der Waals surface area contributed by atoms with Crippen molar-refractivity contribution < 1.29 is 9.18 Å². The molecule has 1 aromatic rings. The summed E-state index contributed by atoms with van der Waals surface area (Å²) in [7, 11) is 0. The highest BCUT2D eigenvalue weighted by atomic mass is 19.1. The Hall–Kier alpha value is -1.22. The molecule has 0 heterocycles. The van der Waals surface area contributed by atoms with Crippen molar-refractivity contribution in [2.45, 2.75) is 26.3 Å². The van der Waals surface area contributed by atoms with E-state index in [1.54, 1.807) is 19.1 Å². The van der Waals surface area contributed by atoms with Crippen molar-refractivity contribution in [2.24, 2.45) is 11.7 Å². The summed E-state index contributed by atoms with van der Waals surface area (Å²) in [5.41, 5.74) is 5.89. The summed E-state index contributed by atoms with van der Waals surface area (Å²) in [5.74, 6) is -1.04. The lowest BCUT2D eigenvalue weighted by atomic mass is 9.91. The molecule has 0 aliphatic rings. The van der Waals surface area contributed by atoms with Crippen LogP contribution in [-0.2, 0) is 0 Å². The molecule has 3 heteroatoms. The van der Waals surface area contributed by atoms with Crippen molar-refractivity contribution in [3.63, 3.8) is 0 Å². The summed E-state index contributed by atoms with van der Waals surface area (Å²) >= 11 is 0. The van der Waals surface area contributed by atoms with E-state index in [4.69, 9.17) is 5.73 Å². The third-order valence-corrected chi connectivity index (χ3v) is 2.67. The van der Waals surface area contributed by atoms with Gasteiger partial charge in [0.2, 0.25) is 0 Å². The maximum atomic E-state index is 13.3. The lowest BCUT2D eigenvalue weighted by Crippen LogP contribution is -2.33. The number of Topliss-reactive ketones (excluding diaryl/α,β-unsaturated/α-hetero) is 1. The molecule has 1 rings (SSSR count). The number of rotatable bonds is 4. The van der Waals surface area contributed by atoms with Crippen LogP contribution in [0.1, 0.15) is 30.6 Å². The highest BCUT2D eigenvalue weighted by Gasteiger charge is 2.22. The molecule has 0 saturated carbocycles. The summed E-state index contributed by atoms with van der Waals surface area (Å²) in [6.45, 7) is 3.65. The second-order valence-corrected chi connectivity index (χ2v) is 3.70. The lowest BCUT2D eigenvalue weighted by molar-refractivity contribution is 0.0908. The number of carbonyl (C=O) groups excluding carboxylic acids is 1. The Kier molecular flexibility index (Phi) is 3.97. The molecule has 0 aromatic heterocycles. The molecule has 15 heavy (non-hydrogen) atoms. The van der Waals surface area contributed by atoms with Crippen LogP contribution in [0.2, 0.25) is 0 Å². The van der Waals surface area contributed by atoms with Gasteiger partial charge < -0.3 is 5.73 Å². The first-order valence-electron chi connectivity index (χ1n) is 5.12. The van der Waals surface area contributed by atoms with Crippen molar-refractivity contribution in [2.75, 3.05) is 0 Å². The average Bonchev–Trinajstić information content (AvgIpc) is 2.26. The molecule has 0 fully saturated rings. The van der Waals surface area contributed by atoms with Gasteiger partial charge in [0.1, 0.15) is 5.82 Å². The fourth-order valence-electron chi connectivity index (χ4n) is 1.45. The summed E-state index contributed by atoms with van der Waals surface area (Å²) in [5, 5.41) is 0. The predicted molar refractivity (Wildman–Crippen MR) is 58.2 cm³/mol. The first-order chi connectivity index (χ1) is 7.07. The van der Waals surface area contributed by atoms with E-state index in [9.17, 15) is 9.18 Å². The Labute approximate surface area is 89.3 Å². The molecular formula is C12H16FNO. The summed E-state index contributed by atoms with van der Waals surface area (Å²) in [6.07, 6.45) is 0.710. The minimum atomic E-state index is -0.474. The summed E-state index contributed by atoms with van der Waals surface area (Å²) < 4.78 is 13.3. The van der Waals surface area contributed by atoms with Gasteiger partial charge in [0, 0.05) is 12.0 Å². The predicted octanol–water partition coefficient (Wildman–Crippen LogP) is 2.38. The number of ketones is 1. The van der Waals surface area contributed by atoms with Gasteiger partial charge in [-0.15, -0.1) is 0 Å². The smallest absolute Gasteiger partial charge is 0.170 e. The van der Waals surface area contributed by atoms with Crippen molar-refractivity contribution in [1.82, 2.24) is 0 Å². The van der Waals surface area contributed by atoms with Gasteiger partial charge in [0.05, 0.1) is 5.56 Å². The quantitative estimate of drug-likeness (QED) is 0.774. The van der Waals surface area contributed by atoms with Crippen LogP contribution in [0.3, 0.4) is 0 Å². The molecule has 2 N–H and O–H groups in total. The van der Waals surface area contributed by atoms with Crippen LogP contribution in [-0.4, -0.2) is 11.8 Å². The molecule has 0 aliphatic heterocycles. The van der Waals surface area contributed by atoms with E-state index in [0.29, 0.717) is 6.42 Å². The number of hydrogen-bond donors (Lipinski definition) is 1. The number of hydrogen-bond acceptors (Lipinski definition) is 2. The van der Waals surface area contributed by atoms with E-state index >= 15 is 0 Å². The number of nitrogens with two attached hydrogens (primary N) is 1. The van der Waals surface area contributed by atoms with Gasteiger partial charge in [0.25, 0.3) is 0 Å². The summed E-state index contributed by atoms with van der Waals surface area (Å²) in [6, 6.07) is 5.79. The molecule has 2 unspecified atom stereocenters. The van der Waals surface area contributed by atoms with Crippen molar-refractivity contribution >= 4 is 5.78 Å². The zero-order valence-electron chi connectivity index (χ0n) is 9.03. The Morgan fingerprint density at radius 2 is 2.07 bits per heavy atom. The van der Waals surface area contributed by atoms with Crippen LogP contribution in [0.25, 0.3) is 0 Å². The van der Waals surface area contributed by atoms with Crippen LogP contribution >= 0.6 is 0 Å². The largest absolute Gasteiger partial charge is 0.327 e. The van der Waals surface area contributed by atoms with Gasteiger partial charge in [-0.3, -0.25) is 4.79 Å². The van der Waals surface area contributed by atoms with Crippen LogP contribution in [0.4, 0.5) is 4.39 Å². The van der Waals surface area contributed by atoms with Crippen LogP contribution in [0, 0.1) is 11.7 Å². The van der Waals surface area contributed by atoms with Crippen molar-refractivity contribution in [1.29, 1.82) is 0 Å². The molecule has 0 bridgehead atoms. The van der Waals surface area contributed by atoms with Gasteiger partial charge in [-0.25, -0.2) is 4.39 Å². The molecule has 0 aliphatic carbocycles. The van der Waals surface area contributed by atoms with E-state index in [-0.39, 0.29) is 23.3 Å². The Morgan fingerprint density at radius 1 is 1.47 bits per heavy atom. The average molecular weight is 209 g/mol. The van der Waals surface area contributed by atoms with Gasteiger partial charge >= 0.3 is 0 Å². The second-order valence-electron chi connectivity index (χ2n) is 3.70. The zero-order chi connectivity index (χ0) is 11.4. The zero-order valence-corrected chi connectivity index (χ0v) is 9.03. The normalized spacial score (nSPS) is 14.7. The van der Waals surface area contributed by atoms with E-state index in [1.165, 1.54) is 12.1 Å². The fourth-order valence-corrected chi connectivity index (χ4v) is 1.45. The van der Waals surface area contributed by atoms with Gasteiger partial charge in [-0.2, -0.15) is 0 Å². The molecular weight excluding hydrogens is 193 g/mol. The SMILES string of the molecule is CCC(N)C(C)C(=O)c1ccccc1F. The molecule has 1 aromatic carbocycles. The fraction of sp³-hybridized carbons (Fsp3) is 0.417. The lowest BCUT2D eigenvalue weighted by Gasteiger charge is -2.17. The molecule has 2 atom stereocenters. The molecule has 82 valence electrons. The molecule has 2 nitrogen and oxygen atoms in total. The van der Waals surface area contributed by atoms with Crippen molar-refractivity contribution in [3.8, 4) is 0 Å². The van der Waals surface area contributed by atoms with E-state index in [2.05, 4.69) is 0 Å². The highest BCUT2D eigenvalue weighted by Crippen LogP contribution is 2.15. The van der Waals surface area contributed by atoms with Gasteiger partial charge in [0.15, 0.2) is 5.78 Å². The minimum absolute atomic E-state index is 0.133. The Bertz CT molecular complexity index is 351. The first kappa shape index (κ1) is 11.9. The summed E-state index contributed by atoms with van der Waals surface area (Å²) in [4.78, 5) is 11.8. The molecule has 0 saturated heterocycles. The number of carbonyl (C=O) groups is 1. The third-order valence-electron chi connectivity index (χ3n) is 2.67.